The van der Waals surface area contributed by atoms with Gasteiger partial charge in [0.05, 0.1) is 6.61 Å². The molecule has 0 aromatic carbocycles. The average molecular weight is 876 g/mol. The minimum absolute atomic E-state index is 0.0606. The Morgan fingerprint density at radius 2 is 0.597 bits per heavy atom. The fraction of sp³-hybridized carbons (Fsp3) is 0.930. The molecule has 0 rings (SSSR count). The van der Waals surface area contributed by atoms with Crippen molar-refractivity contribution in [2.45, 2.75) is 328 Å². The molecule has 0 heterocycles. The third kappa shape index (κ3) is 51.3. The van der Waals surface area contributed by atoms with Gasteiger partial charge in [0.2, 0.25) is 0 Å². The Kier molecular flexibility index (Phi) is 52.8. The number of hydrogen-bond donors (Lipinski definition) is 1. The van der Waals surface area contributed by atoms with Crippen LogP contribution in [0.4, 0.5) is 0 Å². The van der Waals surface area contributed by atoms with Crippen LogP contribution >= 0.6 is 0 Å². The van der Waals surface area contributed by atoms with E-state index in [-0.39, 0.29) is 25.2 Å². The maximum Gasteiger partial charge on any atom is 0.306 e. The van der Waals surface area contributed by atoms with Gasteiger partial charge >= 0.3 is 11.9 Å². The van der Waals surface area contributed by atoms with Crippen molar-refractivity contribution in [3.05, 3.63) is 12.2 Å². The van der Waals surface area contributed by atoms with E-state index in [1.807, 2.05) is 0 Å². The second-order valence-electron chi connectivity index (χ2n) is 19.4. The normalized spacial score (nSPS) is 12.1. The SMILES string of the molecule is CCCCCCCC/C=C\CCCCCCCCCC(=O)OC(CO)COC(=O)CCCCCCCCCCCCCCCCCCCCCCCCCCCCCCCCC. The van der Waals surface area contributed by atoms with Crippen LogP contribution in [0.1, 0.15) is 322 Å². The van der Waals surface area contributed by atoms with Crippen LogP contribution in [-0.2, 0) is 19.1 Å². The predicted molar refractivity (Wildman–Crippen MR) is 270 cm³/mol. The molecule has 0 aliphatic heterocycles. The highest BCUT2D eigenvalue weighted by Crippen LogP contribution is 2.18. The van der Waals surface area contributed by atoms with Crippen LogP contribution in [-0.4, -0.2) is 36.4 Å². The summed E-state index contributed by atoms with van der Waals surface area (Å²) < 4.78 is 10.7. The lowest BCUT2D eigenvalue weighted by Gasteiger charge is -2.15. The summed E-state index contributed by atoms with van der Waals surface area (Å²) in [5, 5.41) is 9.63. The molecule has 5 nitrogen and oxygen atoms in total. The number of unbranched alkanes of at least 4 members (excludes halogenated alkanes) is 43. The summed E-state index contributed by atoms with van der Waals surface area (Å²) in [4.78, 5) is 24.5. The van der Waals surface area contributed by atoms with Gasteiger partial charge in [-0.2, -0.15) is 0 Å². The lowest BCUT2D eigenvalue weighted by Crippen LogP contribution is -2.28. The summed E-state index contributed by atoms with van der Waals surface area (Å²) in [6.07, 6.45) is 66.3. The molecule has 0 amide bonds. The number of carbonyl (C=O) groups is 2. The zero-order valence-corrected chi connectivity index (χ0v) is 42.2. The van der Waals surface area contributed by atoms with Crippen molar-refractivity contribution in [2.24, 2.45) is 0 Å². The molecule has 1 N–H and O–H groups in total. The molecule has 62 heavy (non-hydrogen) atoms. The lowest BCUT2D eigenvalue weighted by atomic mass is 10.0. The molecule has 0 fully saturated rings. The van der Waals surface area contributed by atoms with E-state index >= 15 is 0 Å². The number of ether oxygens (including phenoxy) is 2. The Bertz CT molecular complexity index is 902. The first-order valence-electron chi connectivity index (χ1n) is 28.2. The van der Waals surface area contributed by atoms with Gasteiger partial charge in [-0.1, -0.05) is 283 Å². The summed E-state index contributed by atoms with van der Waals surface area (Å²) >= 11 is 0. The molecule has 0 spiro atoms. The van der Waals surface area contributed by atoms with Crippen molar-refractivity contribution in [1.82, 2.24) is 0 Å². The molecule has 0 aromatic heterocycles. The van der Waals surface area contributed by atoms with Crippen LogP contribution in [0.2, 0.25) is 0 Å². The van der Waals surface area contributed by atoms with E-state index < -0.39 is 6.10 Å². The maximum absolute atomic E-state index is 12.3. The van der Waals surface area contributed by atoms with Gasteiger partial charge in [0.25, 0.3) is 0 Å². The third-order valence-electron chi connectivity index (χ3n) is 13.1. The van der Waals surface area contributed by atoms with Crippen LogP contribution in [0.3, 0.4) is 0 Å². The predicted octanol–water partition coefficient (Wildman–Crippen LogP) is 18.8. The highest BCUT2D eigenvalue weighted by molar-refractivity contribution is 5.70. The van der Waals surface area contributed by atoms with E-state index in [0.717, 1.165) is 32.1 Å². The molecule has 368 valence electrons. The Balaban J connectivity index is 3.38. The molecule has 1 atom stereocenters. The summed E-state index contributed by atoms with van der Waals surface area (Å²) in [6.45, 7) is 4.18. The highest BCUT2D eigenvalue weighted by Gasteiger charge is 2.16. The molecular formula is C57H110O5. The van der Waals surface area contributed by atoms with Crippen LogP contribution in [0.15, 0.2) is 12.2 Å². The molecule has 0 bridgehead atoms. The second kappa shape index (κ2) is 54.0. The topological polar surface area (TPSA) is 72.8 Å². The van der Waals surface area contributed by atoms with Crippen molar-refractivity contribution >= 4 is 11.9 Å². The van der Waals surface area contributed by atoms with E-state index in [9.17, 15) is 14.7 Å². The van der Waals surface area contributed by atoms with Gasteiger partial charge in [0, 0.05) is 12.8 Å². The quantitative estimate of drug-likeness (QED) is 0.0374. The molecule has 0 saturated carbocycles. The van der Waals surface area contributed by atoms with Crippen molar-refractivity contribution in [2.75, 3.05) is 13.2 Å². The number of carbonyl (C=O) groups excluding carboxylic acids is 2. The van der Waals surface area contributed by atoms with Crippen LogP contribution in [0.5, 0.6) is 0 Å². The van der Waals surface area contributed by atoms with Gasteiger partial charge in [0.15, 0.2) is 6.10 Å². The zero-order chi connectivity index (χ0) is 44.9. The van der Waals surface area contributed by atoms with E-state index in [2.05, 4.69) is 26.0 Å². The van der Waals surface area contributed by atoms with Gasteiger partial charge in [-0.15, -0.1) is 0 Å². The molecule has 1 unspecified atom stereocenters. The Hall–Kier alpha value is -1.36. The van der Waals surface area contributed by atoms with Crippen molar-refractivity contribution in [3.63, 3.8) is 0 Å². The minimum atomic E-state index is -0.769. The first-order valence-corrected chi connectivity index (χ1v) is 28.2. The second-order valence-corrected chi connectivity index (χ2v) is 19.4. The largest absolute Gasteiger partial charge is 0.462 e. The number of aliphatic hydroxyl groups is 1. The van der Waals surface area contributed by atoms with Crippen LogP contribution < -0.4 is 0 Å². The maximum atomic E-state index is 12.3. The van der Waals surface area contributed by atoms with Gasteiger partial charge in [-0.3, -0.25) is 9.59 Å². The number of allylic oxidation sites excluding steroid dienone is 2. The van der Waals surface area contributed by atoms with Crippen molar-refractivity contribution < 1.29 is 24.2 Å². The Morgan fingerprint density at radius 3 is 0.871 bits per heavy atom. The van der Waals surface area contributed by atoms with Crippen LogP contribution in [0.25, 0.3) is 0 Å². The standard InChI is InChI=1S/C57H110O5/c1-3-5-7-9-11-13-15-17-19-21-22-23-24-25-26-27-28-29-30-31-32-33-34-36-37-39-41-43-45-47-49-51-56(59)61-54-55(53-58)62-57(60)52-50-48-46-44-42-40-38-35-20-18-16-14-12-10-8-6-4-2/h18,20,55,58H,3-17,19,21-54H2,1-2H3/b20-18-. The van der Waals surface area contributed by atoms with Crippen molar-refractivity contribution in [3.8, 4) is 0 Å². The summed E-state index contributed by atoms with van der Waals surface area (Å²) in [6, 6.07) is 0. The first kappa shape index (κ1) is 60.6. The van der Waals surface area contributed by atoms with Gasteiger partial charge in [0.1, 0.15) is 6.61 Å². The number of esters is 2. The van der Waals surface area contributed by atoms with E-state index in [4.69, 9.17) is 9.47 Å². The Morgan fingerprint density at radius 1 is 0.355 bits per heavy atom. The zero-order valence-electron chi connectivity index (χ0n) is 42.2. The molecule has 0 radical (unpaired) electrons. The lowest BCUT2D eigenvalue weighted by molar-refractivity contribution is -0.161. The monoisotopic (exact) mass is 875 g/mol. The Labute approximate surface area is 388 Å². The molecule has 5 heteroatoms. The van der Waals surface area contributed by atoms with Gasteiger partial charge < -0.3 is 14.6 Å². The first-order chi connectivity index (χ1) is 30.6. The molecular weight excluding hydrogens is 765 g/mol. The number of hydrogen-bond acceptors (Lipinski definition) is 5. The summed E-state index contributed by atoms with van der Waals surface area (Å²) in [7, 11) is 0. The van der Waals surface area contributed by atoms with Crippen LogP contribution in [0, 0.1) is 0 Å². The third-order valence-corrected chi connectivity index (χ3v) is 13.1. The smallest absolute Gasteiger partial charge is 0.306 e. The summed E-state index contributed by atoms with van der Waals surface area (Å²) in [5.41, 5.74) is 0. The highest BCUT2D eigenvalue weighted by atomic mass is 16.6. The molecule has 0 aliphatic rings. The van der Waals surface area contributed by atoms with Gasteiger partial charge in [-0.05, 0) is 38.5 Å². The molecule has 0 aliphatic carbocycles. The number of rotatable bonds is 53. The van der Waals surface area contributed by atoms with E-state index in [1.165, 1.54) is 263 Å². The summed E-state index contributed by atoms with van der Waals surface area (Å²) in [5.74, 6) is -0.576. The average Bonchev–Trinajstić information content (AvgIpc) is 3.28. The number of aliphatic hydroxyl groups excluding tert-OH is 1. The van der Waals surface area contributed by atoms with Crippen molar-refractivity contribution in [1.29, 1.82) is 0 Å². The van der Waals surface area contributed by atoms with Gasteiger partial charge in [-0.25, -0.2) is 0 Å². The fourth-order valence-corrected chi connectivity index (χ4v) is 8.79. The minimum Gasteiger partial charge on any atom is -0.462 e. The fourth-order valence-electron chi connectivity index (χ4n) is 8.79. The van der Waals surface area contributed by atoms with E-state index in [0.29, 0.717) is 12.8 Å². The van der Waals surface area contributed by atoms with E-state index in [1.54, 1.807) is 0 Å². The molecule has 0 aromatic rings. The molecule has 0 saturated heterocycles.